The van der Waals surface area contributed by atoms with Crippen molar-refractivity contribution in [3.05, 3.63) is 11.7 Å². The number of carbonyl (C=O) groups excluding carboxylic acids is 2. The maximum atomic E-state index is 13.4. The molecule has 7 nitrogen and oxygen atoms in total. The highest BCUT2D eigenvalue weighted by Gasteiger charge is 2.41. The summed E-state index contributed by atoms with van der Waals surface area (Å²) in [7, 11) is 0. The number of nitrogens with zero attached hydrogens (tertiary/aromatic N) is 4. The van der Waals surface area contributed by atoms with E-state index >= 15 is 0 Å². The summed E-state index contributed by atoms with van der Waals surface area (Å²) < 4.78 is 5.48. The molecule has 2 heterocycles. The fourth-order valence-electron chi connectivity index (χ4n) is 5.44. The van der Waals surface area contributed by atoms with Gasteiger partial charge in [0.1, 0.15) is 6.04 Å². The van der Waals surface area contributed by atoms with Crippen molar-refractivity contribution in [2.24, 2.45) is 11.3 Å². The zero-order valence-corrected chi connectivity index (χ0v) is 17.9. The summed E-state index contributed by atoms with van der Waals surface area (Å²) in [5, 5.41) is 3.95. The molecule has 1 saturated heterocycles. The predicted molar refractivity (Wildman–Crippen MR) is 108 cm³/mol. The first-order chi connectivity index (χ1) is 14.0. The van der Waals surface area contributed by atoms with Crippen molar-refractivity contribution >= 4 is 11.8 Å². The maximum absolute atomic E-state index is 13.4. The standard InChI is InChI=1S/C22H34N4O3/c1-16-23-19(29-24-16)18-10-13-25(21(28)22(2)11-6-3-7-12-22)14-15-26(18)20(27)17-8-4-5-9-17/h17-18H,3-15H2,1-2H3. The minimum Gasteiger partial charge on any atom is -0.340 e. The Kier molecular flexibility index (Phi) is 5.93. The molecule has 1 aliphatic heterocycles. The van der Waals surface area contributed by atoms with Crippen LogP contribution in [0.1, 0.15) is 88.9 Å². The lowest BCUT2D eigenvalue weighted by Crippen LogP contribution is -2.45. The van der Waals surface area contributed by atoms with Crippen LogP contribution in [0.5, 0.6) is 0 Å². The van der Waals surface area contributed by atoms with Gasteiger partial charge in [-0.1, -0.05) is 44.2 Å². The topological polar surface area (TPSA) is 79.5 Å². The molecule has 2 saturated carbocycles. The van der Waals surface area contributed by atoms with Crippen LogP contribution in [-0.4, -0.2) is 51.4 Å². The summed E-state index contributed by atoms with van der Waals surface area (Å²) >= 11 is 0. The van der Waals surface area contributed by atoms with Gasteiger partial charge in [-0.3, -0.25) is 9.59 Å². The lowest BCUT2D eigenvalue weighted by atomic mass is 9.74. The van der Waals surface area contributed by atoms with E-state index in [1.807, 2.05) is 9.80 Å². The Morgan fingerprint density at radius 2 is 1.72 bits per heavy atom. The first-order valence-corrected chi connectivity index (χ1v) is 11.4. The predicted octanol–water partition coefficient (Wildman–Crippen LogP) is 3.64. The minimum absolute atomic E-state index is 0.0969. The lowest BCUT2D eigenvalue weighted by Gasteiger charge is -2.36. The Labute approximate surface area is 173 Å². The molecule has 0 N–H and O–H groups in total. The summed E-state index contributed by atoms with van der Waals surface area (Å²) in [5.74, 6) is 1.64. The van der Waals surface area contributed by atoms with Gasteiger partial charge in [0.15, 0.2) is 5.82 Å². The lowest BCUT2D eigenvalue weighted by molar-refractivity contribution is -0.143. The van der Waals surface area contributed by atoms with E-state index in [1.54, 1.807) is 6.92 Å². The second-order valence-corrected chi connectivity index (χ2v) is 9.41. The summed E-state index contributed by atoms with van der Waals surface area (Å²) in [6.07, 6.45) is 10.3. The van der Waals surface area contributed by atoms with Crippen molar-refractivity contribution in [1.29, 1.82) is 0 Å². The van der Waals surface area contributed by atoms with Crippen LogP contribution >= 0.6 is 0 Å². The van der Waals surface area contributed by atoms with Crippen molar-refractivity contribution in [2.75, 3.05) is 19.6 Å². The highest BCUT2D eigenvalue weighted by Crippen LogP contribution is 2.39. The van der Waals surface area contributed by atoms with E-state index in [1.165, 1.54) is 6.42 Å². The summed E-state index contributed by atoms with van der Waals surface area (Å²) in [4.78, 5) is 35.0. The molecular weight excluding hydrogens is 368 g/mol. The van der Waals surface area contributed by atoms with Crippen LogP contribution in [0.2, 0.25) is 0 Å². The Morgan fingerprint density at radius 1 is 1.00 bits per heavy atom. The molecule has 0 spiro atoms. The Bertz CT molecular complexity index is 734. The van der Waals surface area contributed by atoms with Crippen LogP contribution in [0, 0.1) is 18.3 Å². The van der Waals surface area contributed by atoms with E-state index in [-0.39, 0.29) is 29.2 Å². The molecule has 4 rings (SSSR count). The molecule has 2 aliphatic carbocycles. The normalized spacial score (nSPS) is 25.8. The molecule has 7 heteroatoms. The number of hydrogen-bond acceptors (Lipinski definition) is 5. The van der Waals surface area contributed by atoms with Crippen molar-refractivity contribution in [3.63, 3.8) is 0 Å². The van der Waals surface area contributed by atoms with Crippen molar-refractivity contribution < 1.29 is 14.1 Å². The molecule has 1 aromatic heterocycles. The van der Waals surface area contributed by atoms with Gasteiger partial charge in [-0.2, -0.15) is 4.98 Å². The third-order valence-electron chi connectivity index (χ3n) is 7.24. The molecule has 29 heavy (non-hydrogen) atoms. The van der Waals surface area contributed by atoms with Crippen molar-refractivity contribution in [1.82, 2.24) is 19.9 Å². The Hall–Kier alpha value is -1.92. The van der Waals surface area contributed by atoms with E-state index < -0.39 is 0 Å². The first-order valence-electron chi connectivity index (χ1n) is 11.4. The third kappa shape index (κ3) is 4.19. The number of carbonyl (C=O) groups is 2. The van der Waals surface area contributed by atoms with Crippen LogP contribution in [-0.2, 0) is 9.59 Å². The van der Waals surface area contributed by atoms with E-state index in [9.17, 15) is 9.59 Å². The van der Waals surface area contributed by atoms with E-state index in [0.717, 1.165) is 51.4 Å². The van der Waals surface area contributed by atoms with Gasteiger partial charge in [0.2, 0.25) is 17.7 Å². The van der Waals surface area contributed by atoms with Crippen molar-refractivity contribution in [3.8, 4) is 0 Å². The van der Waals surface area contributed by atoms with Crippen LogP contribution in [0.25, 0.3) is 0 Å². The number of aryl methyl sites for hydroxylation is 1. The average Bonchev–Trinajstić information content (AvgIpc) is 3.35. The van der Waals surface area contributed by atoms with Gasteiger partial charge in [0.25, 0.3) is 0 Å². The first kappa shape index (κ1) is 20.4. The van der Waals surface area contributed by atoms with E-state index in [4.69, 9.17) is 4.52 Å². The smallest absolute Gasteiger partial charge is 0.249 e. The molecule has 0 aromatic carbocycles. The van der Waals surface area contributed by atoms with Gasteiger partial charge in [0, 0.05) is 31.0 Å². The number of hydrogen-bond donors (Lipinski definition) is 0. The van der Waals surface area contributed by atoms with Gasteiger partial charge in [-0.15, -0.1) is 0 Å². The van der Waals surface area contributed by atoms with Crippen LogP contribution in [0.3, 0.4) is 0 Å². The Balaban J connectivity index is 1.54. The summed E-state index contributed by atoms with van der Waals surface area (Å²) in [5.41, 5.74) is -0.251. The monoisotopic (exact) mass is 402 g/mol. The fourth-order valence-corrected chi connectivity index (χ4v) is 5.44. The highest BCUT2D eigenvalue weighted by atomic mass is 16.5. The molecule has 1 atom stereocenters. The Morgan fingerprint density at radius 3 is 2.38 bits per heavy atom. The minimum atomic E-state index is -0.251. The van der Waals surface area contributed by atoms with Crippen LogP contribution in [0.15, 0.2) is 4.52 Å². The van der Waals surface area contributed by atoms with Gasteiger partial charge in [0.05, 0.1) is 0 Å². The summed E-state index contributed by atoms with van der Waals surface area (Å²) in [6.45, 7) is 5.70. The molecule has 3 fully saturated rings. The molecule has 2 amide bonds. The van der Waals surface area contributed by atoms with Gasteiger partial charge < -0.3 is 14.3 Å². The summed E-state index contributed by atoms with van der Waals surface area (Å²) in [6, 6.07) is -0.235. The molecule has 1 aromatic rings. The number of amides is 2. The van der Waals surface area contributed by atoms with E-state index in [0.29, 0.717) is 37.8 Å². The number of rotatable bonds is 3. The van der Waals surface area contributed by atoms with Gasteiger partial charge in [-0.25, -0.2) is 0 Å². The largest absolute Gasteiger partial charge is 0.340 e. The van der Waals surface area contributed by atoms with Crippen LogP contribution in [0.4, 0.5) is 0 Å². The van der Waals surface area contributed by atoms with Gasteiger partial charge >= 0.3 is 0 Å². The molecule has 1 unspecified atom stereocenters. The highest BCUT2D eigenvalue weighted by molar-refractivity contribution is 5.83. The fraction of sp³-hybridized carbons (Fsp3) is 0.818. The zero-order chi connectivity index (χ0) is 20.4. The van der Waals surface area contributed by atoms with Crippen molar-refractivity contribution in [2.45, 2.75) is 84.1 Å². The second kappa shape index (κ2) is 8.44. The third-order valence-corrected chi connectivity index (χ3v) is 7.24. The second-order valence-electron chi connectivity index (χ2n) is 9.41. The number of aromatic nitrogens is 2. The molecule has 0 bridgehead atoms. The van der Waals surface area contributed by atoms with Gasteiger partial charge in [-0.05, 0) is 39.0 Å². The quantitative estimate of drug-likeness (QED) is 0.771. The molecular formula is C22H34N4O3. The molecule has 3 aliphatic rings. The molecule has 0 radical (unpaired) electrons. The average molecular weight is 403 g/mol. The SMILES string of the molecule is Cc1noc(C2CCN(C(=O)C3(C)CCCCC3)CCN2C(=O)C2CCCC2)n1. The zero-order valence-electron chi connectivity index (χ0n) is 17.9. The van der Waals surface area contributed by atoms with Crippen LogP contribution < -0.4 is 0 Å². The maximum Gasteiger partial charge on any atom is 0.249 e. The molecule has 160 valence electrons. The van der Waals surface area contributed by atoms with E-state index in [2.05, 4.69) is 17.1 Å².